The number of sulfone groups is 1. The topological polar surface area (TPSA) is 87.5 Å². The summed E-state index contributed by atoms with van der Waals surface area (Å²) in [6, 6.07) is 1.09. The first-order valence-corrected chi connectivity index (χ1v) is 12.1. The lowest BCUT2D eigenvalue weighted by Gasteiger charge is -2.23. The summed E-state index contributed by atoms with van der Waals surface area (Å²) in [6.45, 7) is 7.53. The molecule has 0 fully saturated rings. The first kappa shape index (κ1) is 24.3. The minimum Gasteiger partial charge on any atom is -0.474 e. The van der Waals surface area contributed by atoms with E-state index in [9.17, 15) is 22.0 Å². The molecule has 7 nitrogen and oxygen atoms in total. The third kappa shape index (κ3) is 4.71. The van der Waals surface area contributed by atoms with Gasteiger partial charge in [-0.05, 0) is 34.6 Å². The molecule has 2 heterocycles. The van der Waals surface area contributed by atoms with E-state index < -0.39 is 33.0 Å². The van der Waals surface area contributed by atoms with Gasteiger partial charge in [0.2, 0.25) is 5.88 Å². The molecule has 1 atom stereocenters. The molecule has 1 aromatic carbocycles. The second-order valence-corrected chi connectivity index (χ2v) is 10.6. The maximum atomic E-state index is 14.6. The zero-order valence-corrected chi connectivity index (χ0v) is 19.6. The van der Waals surface area contributed by atoms with Crippen molar-refractivity contribution in [1.82, 2.24) is 9.78 Å². The van der Waals surface area contributed by atoms with Gasteiger partial charge in [-0.2, -0.15) is 5.10 Å². The van der Waals surface area contributed by atoms with Gasteiger partial charge in [0, 0.05) is 13.5 Å². The number of carbonyl (C=O) groups is 1. The number of aromatic nitrogens is 2. The monoisotopic (exact) mass is 470 g/mol. The number of ether oxygens (including phenoxy) is 2. The summed E-state index contributed by atoms with van der Waals surface area (Å²) in [4.78, 5) is 12.7. The van der Waals surface area contributed by atoms with E-state index in [4.69, 9.17) is 9.47 Å². The van der Waals surface area contributed by atoms with Crippen molar-refractivity contribution in [1.29, 1.82) is 0 Å². The minimum absolute atomic E-state index is 0.0738. The average molecular weight is 471 g/mol. The lowest BCUT2D eigenvalue weighted by molar-refractivity contribution is -0.116. The summed E-state index contributed by atoms with van der Waals surface area (Å²) in [5.41, 5.74) is 0.955. The van der Waals surface area contributed by atoms with Crippen LogP contribution in [0.2, 0.25) is 0 Å². The van der Waals surface area contributed by atoms with E-state index in [0.717, 1.165) is 12.3 Å². The Morgan fingerprint density at radius 2 is 1.97 bits per heavy atom. The Hall–Kier alpha value is -2.33. The number of fused-ring (bicyclic) bond motifs is 1. The van der Waals surface area contributed by atoms with Crippen molar-refractivity contribution in [3.63, 3.8) is 0 Å². The molecule has 10 heteroatoms. The first-order valence-electron chi connectivity index (χ1n) is 10.4. The van der Waals surface area contributed by atoms with Gasteiger partial charge in [0.15, 0.2) is 27.3 Å². The van der Waals surface area contributed by atoms with Gasteiger partial charge in [-0.15, -0.1) is 0 Å². The second-order valence-electron chi connectivity index (χ2n) is 8.60. The molecule has 0 radical (unpaired) electrons. The van der Waals surface area contributed by atoms with Gasteiger partial charge >= 0.3 is 0 Å². The molecule has 0 spiro atoms. The summed E-state index contributed by atoms with van der Waals surface area (Å²) >= 11 is 0. The maximum absolute atomic E-state index is 14.6. The van der Waals surface area contributed by atoms with Gasteiger partial charge in [-0.3, -0.25) is 4.79 Å². The predicted octanol–water partition coefficient (Wildman–Crippen LogP) is 3.40. The standard InChI is InChI=1S/C22H28F2N2O5S/c1-12(2)16-7-18(23)21(24)20(13(3)4)17(16)6-14(27)11-32(28,29)19-8-25-26-9-15(30-5)10-31-22(19)26/h7-8,12-13,15H,6,9-11H2,1-5H3. The van der Waals surface area contributed by atoms with Crippen LogP contribution in [0.1, 0.15) is 56.2 Å². The molecular formula is C22H28F2N2O5S. The van der Waals surface area contributed by atoms with Crippen LogP contribution >= 0.6 is 0 Å². The van der Waals surface area contributed by atoms with Crippen molar-refractivity contribution in [2.24, 2.45) is 0 Å². The van der Waals surface area contributed by atoms with E-state index in [1.807, 2.05) is 13.8 Å². The fourth-order valence-corrected chi connectivity index (χ4v) is 5.28. The molecule has 0 N–H and O–H groups in total. The Bertz CT molecular complexity index is 1130. The SMILES string of the molecule is COC1COc2c(S(=O)(=O)CC(=O)Cc3c(C(C)C)cc(F)c(F)c3C(C)C)cnn2C1. The molecule has 3 rings (SSSR count). The van der Waals surface area contributed by atoms with E-state index in [2.05, 4.69) is 5.10 Å². The number of hydrogen-bond donors (Lipinski definition) is 0. The highest BCUT2D eigenvalue weighted by Gasteiger charge is 2.32. The number of hydrogen-bond acceptors (Lipinski definition) is 6. The summed E-state index contributed by atoms with van der Waals surface area (Å²) < 4.78 is 66.7. The van der Waals surface area contributed by atoms with Gasteiger partial charge in [-0.1, -0.05) is 27.7 Å². The number of rotatable bonds is 8. The van der Waals surface area contributed by atoms with Crippen LogP contribution in [0, 0.1) is 11.6 Å². The van der Waals surface area contributed by atoms with Crippen LogP contribution < -0.4 is 4.74 Å². The summed E-state index contributed by atoms with van der Waals surface area (Å²) in [5.74, 6) is -3.87. The summed E-state index contributed by atoms with van der Waals surface area (Å²) in [5, 5.41) is 4.04. The zero-order valence-electron chi connectivity index (χ0n) is 18.8. The number of Topliss-reactive ketones (excluding diaryl/α,β-unsaturated/α-hetero) is 1. The molecule has 1 unspecified atom stereocenters. The molecule has 0 saturated carbocycles. The highest BCUT2D eigenvalue weighted by Crippen LogP contribution is 2.33. The molecule has 1 aliphatic heterocycles. The molecule has 32 heavy (non-hydrogen) atoms. The molecular weight excluding hydrogens is 442 g/mol. The molecule has 1 aliphatic rings. The maximum Gasteiger partial charge on any atom is 0.231 e. The average Bonchev–Trinajstić information content (AvgIpc) is 3.13. The molecule has 0 saturated heterocycles. The first-order chi connectivity index (χ1) is 15.0. The van der Waals surface area contributed by atoms with Crippen LogP contribution in [0.3, 0.4) is 0 Å². The highest BCUT2D eigenvalue weighted by molar-refractivity contribution is 7.92. The van der Waals surface area contributed by atoms with E-state index in [1.165, 1.54) is 11.8 Å². The van der Waals surface area contributed by atoms with E-state index in [-0.39, 0.29) is 47.3 Å². The Morgan fingerprint density at radius 3 is 2.56 bits per heavy atom. The Morgan fingerprint density at radius 1 is 1.28 bits per heavy atom. The van der Waals surface area contributed by atoms with Crippen molar-refractivity contribution >= 4 is 15.6 Å². The third-order valence-corrected chi connectivity index (χ3v) is 7.19. The quantitative estimate of drug-likeness (QED) is 0.588. The number of nitrogens with zero attached hydrogens (tertiary/aromatic N) is 2. The molecule has 0 amide bonds. The minimum atomic E-state index is -4.05. The molecule has 176 valence electrons. The number of methoxy groups -OCH3 is 1. The Kier molecular flexibility index (Phi) is 7.04. The second kappa shape index (κ2) is 9.27. The number of ketones is 1. The highest BCUT2D eigenvalue weighted by atomic mass is 32.2. The van der Waals surface area contributed by atoms with Crippen LogP contribution in [0.25, 0.3) is 0 Å². The van der Waals surface area contributed by atoms with Gasteiger partial charge in [0.25, 0.3) is 0 Å². The third-order valence-electron chi connectivity index (χ3n) is 5.54. The lowest BCUT2D eigenvalue weighted by atomic mass is 9.85. The van der Waals surface area contributed by atoms with E-state index in [1.54, 1.807) is 13.8 Å². The number of benzene rings is 1. The van der Waals surface area contributed by atoms with Crippen LogP contribution in [-0.2, 0) is 32.3 Å². The molecule has 2 aromatic rings. The fraction of sp³-hybridized carbons (Fsp3) is 0.545. The van der Waals surface area contributed by atoms with E-state index >= 15 is 0 Å². The van der Waals surface area contributed by atoms with Crippen molar-refractivity contribution in [2.75, 3.05) is 19.5 Å². The van der Waals surface area contributed by atoms with Gasteiger partial charge < -0.3 is 9.47 Å². The predicted molar refractivity (Wildman–Crippen MR) is 114 cm³/mol. The summed E-state index contributed by atoms with van der Waals surface area (Å²) in [6.07, 6.45) is 0.594. The van der Waals surface area contributed by atoms with Crippen molar-refractivity contribution < 1.29 is 31.5 Å². The Balaban J connectivity index is 1.90. The molecule has 0 aliphatic carbocycles. The van der Waals surface area contributed by atoms with Crippen LogP contribution in [0.5, 0.6) is 5.88 Å². The lowest BCUT2D eigenvalue weighted by Crippen LogP contribution is -2.32. The van der Waals surface area contributed by atoms with Crippen LogP contribution in [0.4, 0.5) is 8.78 Å². The Labute approximate surface area is 186 Å². The van der Waals surface area contributed by atoms with Crippen LogP contribution in [0.15, 0.2) is 17.2 Å². The smallest absolute Gasteiger partial charge is 0.231 e. The molecule has 1 aromatic heterocycles. The van der Waals surface area contributed by atoms with Gasteiger partial charge in [0.05, 0.1) is 12.7 Å². The summed E-state index contributed by atoms with van der Waals surface area (Å²) in [7, 11) is -2.53. The van der Waals surface area contributed by atoms with Gasteiger partial charge in [0.1, 0.15) is 23.4 Å². The number of carbonyl (C=O) groups excluding carboxylic acids is 1. The van der Waals surface area contributed by atoms with E-state index in [0.29, 0.717) is 17.7 Å². The zero-order chi connectivity index (χ0) is 23.8. The normalized spacial score (nSPS) is 16.3. The van der Waals surface area contributed by atoms with Crippen molar-refractivity contribution in [3.8, 4) is 5.88 Å². The van der Waals surface area contributed by atoms with Crippen LogP contribution in [-0.4, -0.2) is 49.6 Å². The van der Waals surface area contributed by atoms with Crippen molar-refractivity contribution in [3.05, 3.63) is 40.6 Å². The van der Waals surface area contributed by atoms with Gasteiger partial charge in [-0.25, -0.2) is 21.9 Å². The largest absolute Gasteiger partial charge is 0.474 e. The molecule has 0 bridgehead atoms. The number of halogens is 2. The fourth-order valence-electron chi connectivity index (χ4n) is 3.96. The van der Waals surface area contributed by atoms with Crippen molar-refractivity contribution in [2.45, 2.75) is 63.5 Å².